The standard InChI is InChI=1S/C28H24N2O3S/c1-29-25-14-8-6-12-23(25)27-24-13-7-9-15-26(24)30(28(27)20-10-4-3-5-11-20)34(31,32)22-18-16-21(33-2)17-19-22/h3-5,7,9-11,13,15-19H,6,8,12,14H2,2H3. The molecule has 1 aliphatic carbocycles. The first kappa shape index (κ1) is 22.0. The average Bonchev–Trinajstić information content (AvgIpc) is 3.25. The SMILES string of the molecule is [C-]#[N+]C1=C(c2c(-c3ccccc3)n(S(=O)(=O)c3ccc(OC)cc3)c3ccccc23)CCCC1. The smallest absolute Gasteiger partial charge is 0.268 e. The van der Waals surface area contributed by atoms with Crippen molar-refractivity contribution in [2.24, 2.45) is 0 Å². The van der Waals surface area contributed by atoms with E-state index in [0.29, 0.717) is 17.0 Å². The summed E-state index contributed by atoms with van der Waals surface area (Å²) in [5.74, 6) is 0.592. The zero-order valence-corrected chi connectivity index (χ0v) is 19.7. The summed E-state index contributed by atoms with van der Waals surface area (Å²) in [4.78, 5) is 4.03. The molecule has 1 heterocycles. The highest BCUT2D eigenvalue weighted by Gasteiger charge is 2.30. The maximum absolute atomic E-state index is 14.1. The normalized spacial score (nSPS) is 14.2. The van der Waals surface area contributed by atoms with E-state index in [1.54, 1.807) is 31.4 Å². The van der Waals surface area contributed by atoms with E-state index in [4.69, 9.17) is 11.3 Å². The number of benzene rings is 3. The number of rotatable bonds is 5. The van der Waals surface area contributed by atoms with E-state index in [1.807, 2.05) is 54.6 Å². The third-order valence-corrected chi connectivity index (χ3v) is 8.08. The highest BCUT2D eigenvalue weighted by molar-refractivity contribution is 7.90. The van der Waals surface area contributed by atoms with Gasteiger partial charge in [0.1, 0.15) is 5.75 Å². The van der Waals surface area contributed by atoms with Crippen LogP contribution >= 0.6 is 0 Å². The van der Waals surface area contributed by atoms with Crippen LogP contribution in [0, 0.1) is 6.57 Å². The van der Waals surface area contributed by atoms with Crippen LogP contribution in [-0.4, -0.2) is 19.5 Å². The molecule has 0 saturated carbocycles. The molecule has 34 heavy (non-hydrogen) atoms. The van der Waals surface area contributed by atoms with Crippen molar-refractivity contribution < 1.29 is 13.2 Å². The molecule has 0 saturated heterocycles. The van der Waals surface area contributed by atoms with Crippen LogP contribution in [0.15, 0.2) is 89.5 Å². The van der Waals surface area contributed by atoms with Crippen molar-refractivity contribution in [1.29, 1.82) is 0 Å². The quantitative estimate of drug-likeness (QED) is 0.304. The van der Waals surface area contributed by atoms with Gasteiger partial charge in [-0.1, -0.05) is 61.4 Å². The number of hydrogen-bond acceptors (Lipinski definition) is 3. The number of allylic oxidation sites excluding steroid dienone is 2. The Bertz CT molecular complexity index is 1540. The molecule has 0 bridgehead atoms. The molecule has 0 unspecified atom stereocenters. The summed E-state index contributed by atoms with van der Waals surface area (Å²) in [6.45, 7) is 7.79. The molecular formula is C28H24N2O3S. The van der Waals surface area contributed by atoms with Gasteiger partial charge in [-0.25, -0.2) is 17.2 Å². The number of para-hydroxylation sites is 1. The van der Waals surface area contributed by atoms with Gasteiger partial charge in [-0.3, -0.25) is 0 Å². The van der Waals surface area contributed by atoms with E-state index in [0.717, 1.165) is 53.5 Å². The fourth-order valence-corrected chi connectivity index (χ4v) is 6.31. The minimum absolute atomic E-state index is 0.181. The van der Waals surface area contributed by atoms with E-state index in [-0.39, 0.29) is 4.90 Å². The summed E-state index contributed by atoms with van der Waals surface area (Å²) in [5, 5.41) is 0.844. The van der Waals surface area contributed by atoms with Gasteiger partial charge in [0.25, 0.3) is 10.0 Å². The largest absolute Gasteiger partial charge is 0.497 e. The molecule has 170 valence electrons. The third kappa shape index (κ3) is 3.59. The maximum Gasteiger partial charge on any atom is 0.268 e. The minimum Gasteiger partial charge on any atom is -0.497 e. The highest BCUT2D eigenvalue weighted by atomic mass is 32.2. The molecule has 0 atom stereocenters. The van der Waals surface area contributed by atoms with Crippen molar-refractivity contribution in [3.05, 3.63) is 102 Å². The van der Waals surface area contributed by atoms with Crippen molar-refractivity contribution in [2.45, 2.75) is 30.6 Å². The molecule has 0 fully saturated rings. The van der Waals surface area contributed by atoms with Gasteiger partial charge >= 0.3 is 0 Å². The molecular weight excluding hydrogens is 444 g/mol. The molecule has 5 nitrogen and oxygen atoms in total. The van der Waals surface area contributed by atoms with Crippen molar-refractivity contribution >= 4 is 26.5 Å². The summed E-state index contributed by atoms with van der Waals surface area (Å²) in [5.41, 5.74) is 4.55. The van der Waals surface area contributed by atoms with Crippen molar-refractivity contribution in [3.8, 4) is 17.0 Å². The van der Waals surface area contributed by atoms with Gasteiger partial charge in [0.05, 0.1) is 29.8 Å². The van der Waals surface area contributed by atoms with Crippen LogP contribution < -0.4 is 4.74 Å². The van der Waals surface area contributed by atoms with Gasteiger partial charge in [-0.2, -0.15) is 0 Å². The van der Waals surface area contributed by atoms with Crippen LogP contribution in [0.1, 0.15) is 31.2 Å². The first-order valence-corrected chi connectivity index (χ1v) is 12.7. The van der Waals surface area contributed by atoms with Crippen molar-refractivity contribution in [1.82, 2.24) is 3.97 Å². The number of aromatic nitrogens is 1. The number of methoxy groups -OCH3 is 1. The average molecular weight is 469 g/mol. The van der Waals surface area contributed by atoms with Crippen LogP contribution in [0.5, 0.6) is 5.75 Å². The summed E-state index contributed by atoms with van der Waals surface area (Å²) in [7, 11) is -2.40. The molecule has 4 aromatic rings. The Labute approximate surface area is 199 Å². The molecule has 0 aliphatic heterocycles. The number of hydrogen-bond donors (Lipinski definition) is 0. The van der Waals surface area contributed by atoms with Gasteiger partial charge in [-0.15, -0.1) is 0 Å². The van der Waals surface area contributed by atoms with E-state index in [1.165, 1.54) is 3.97 Å². The molecule has 5 rings (SSSR count). The Morgan fingerprint density at radius 1 is 0.882 bits per heavy atom. The Balaban J connectivity index is 1.91. The van der Waals surface area contributed by atoms with Gasteiger partial charge in [0.2, 0.25) is 0 Å². The summed E-state index contributed by atoms with van der Waals surface area (Å²) in [6, 6.07) is 23.6. The van der Waals surface area contributed by atoms with Crippen molar-refractivity contribution in [3.63, 3.8) is 0 Å². The van der Waals surface area contributed by atoms with E-state index in [9.17, 15) is 8.42 Å². The maximum atomic E-state index is 14.1. The minimum atomic E-state index is -3.95. The monoisotopic (exact) mass is 468 g/mol. The first-order chi connectivity index (χ1) is 16.6. The topological polar surface area (TPSA) is 52.7 Å². The van der Waals surface area contributed by atoms with Gasteiger partial charge in [0.15, 0.2) is 5.70 Å². The van der Waals surface area contributed by atoms with Gasteiger partial charge in [-0.05, 0) is 54.3 Å². The van der Waals surface area contributed by atoms with Crippen LogP contribution in [0.25, 0.3) is 32.6 Å². The van der Waals surface area contributed by atoms with Crippen LogP contribution in [0.3, 0.4) is 0 Å². The molecule has 6 heteroatoms. The van der Waals surface area contributed by atoms with Gasteiger partial charge < -0.3 is 4.74 Å². The zero-order valence-electron chi connectivity index (χ0n) is 18.9. The Hall–Kier alpha value is -3.82. The second-order valence-electron chi connectivity index (χ2n) is 8.30. The lowest BCUT2D eigenvalue weighted by Crippen LogP contribution is -2.14. The molecule has 0 N–H and O–H groups in total. The Morgan fingerprint density at radius 2 is 1.56 bits per heavy atom. The number of nitrogens with zero attached hydrogens (tertiary/aromatic N) is 2. The molecule has 0 radical (unpaired) electrons. The van der Waals surface area contributed by atoms with E-state index >= 15 is 0 Å². The van der Waals surface area contributed by atoms with Crippen LogP contribution in [0.4, 0.5) is 0 Å². The van der Waals surface area contributed by atoms with Gasteiger partial charge in [0, 0.05) is 10.9 Å². The molecule has 1 aliphatic rings. The Kier molecular flexibility index (Phi) is 5.72. The second-order valence-corrected chi connectivity index (χ2v) is 10.1. The van der Waals surface area contributed by atoms with Crippen LogP contribution in [0.2, 0.25) is 0 Å². The fraction of sp³-hybridized carbons (Fsp3) is 0.179. The summed E-state index contributed by atoms with van der Waals surface area (Å²) in [6.07, 6.45) is 3.43. The molecule has 0 spiro atoms. The summed E-state index contributed by atoms with van der Waals surface area (Å²) >= 11 is 0. The Morgan fingerprint density at radius 3 is 2.26 bits per heavy atom. The molecule has 3 aromatic carbocycles. The lowest BCUT2D eigenvalue weighted by atomic mass is 9.88. The number of ether oxygens (including phenoxy) is 1. The predicted molar refractivity (Wildman–Crippen MR) is 135 cm³/mol. The summed E-state index contributed by atoms with van der Waals surface area (Å²) < 4.78 is 34.9. The fourth-order valence-electron chi connectivity index (χ4n) is 4.76. The first-order valence-electron chi connectivity index (χ1n) is 11.2. The lowest BCUT2D eigenvalue weighted by Gasteiger charge is -2.19. The lowest BCUT2D eigenvalue weighted by molar-refractivity contribution is 0.414. The van der Waals surface area contributed by atoms with E-state index in [2.05, 4.69) is 4.85 Å². The molecule has 0 amide bonds. The highest BCUT2D eigenvalue weighted by Crippen LogP contribution is 2.45. The van der Waals surface area contributed by atoms with Crippen molar-refractivity contribution in [2.75, 3.05) is 7.11 Å². The van der Waals surface area contributed by atoms with E-state index < -0.39 is 10.0 Å². The third-order valence-electron chi connectivity index (χ3n) is 6.35. The van der Waals surface area contributed by atoms with Crippen LogP contribution in [-0.2, 0) is 10.0 Å². The molecule has 1 aromatic heterocycles. The zero-order chi connectivity index (χ0) is 23.7. The number of fused-ring (bicyclic) bond motifs is 1. The second kappa shape index (κ2) is 8.85. The predicted octanol–water partition coefficient (Wildman–Crippen LogP) is 6.76.